The van der Waals surface area contributed by atoms with Crippen molar-refractivity contribution in [1.29, 1.82) is 0 Å². The van der Waals surface area contributed by atoms with Crippen LogP contribution in [0.15, 0.2) is 41.3 Å². The summed E-state index contributed by atoms with van der Waals surface area (Å²) in [5.74, 6) is -1.12. The first-order valence-electron chi connectivity index (χ1n) is 8.11. The standard InChI is InChI=1S/C19H14Cl2F3NO3S/c1-9-5-10(3-4-14(9)17(26)27)15-16(29-2)18(28-25-15,19(22,23)24)11-6-12(20)8-13(21)7-11/h3-8,25H,1-2H3,(H,26,27). The predicted molar refractivity (Wildman–Crippen MR) is 107 cm³/mol. The Labute approximate surface area is 178 Å². The zero-order chi connectivity index (χ0) is 21.6. The summed E-state index contributed by atoms with van der Waals surface area (Å²) in [5.41, 5.74) is 0.203. The van der Waals surface area contributed by atoms with Crippen LogP contribution in [0.2, 0.25) is 10.0 Å². The van der Waals surface area contributed by atoms with Crippen molar-refractivity contribution in [3.63, 3.8) is 0 Å². The number of hydrogen-bond donors (Lipinski definition) is 2. The third-order valence-electron chi connectivity index (χ3n) is 4.47. The minimum absolute atomic E-state index is 0.0373. The van der Waals surface area contributed by atoms with Crippen LogP contribution in [0.5, 0.6) is 0 Å². The van der Waals surface area contributed by atoms with E-state index in [0.717, 1.165) is 23.9 Å². The lowest BCUT2D eigenvalue weighted by Gasteiger charge is -2.32. The van der Waals surface area contributed by atoms with E-state index in [-0.39, 0.29) is 31.8 Å². The van der Waals surface area contributed by atoms with Gasteiger partial charge in [0.15, 0.2) is 0 Å². The van der Waals surface area contributed by atoms with Gasteiger partial charge < -0.3 is 5.11 Å². The number of halogens is 5. The summed E-state index contributed by atoms with van der Waals surface area (Å²) in [5, 5.41) is 9.25. The molecule has 3 rings (SSSR count). The number of aryl methyl sites for hydroxylation is 1. The molecule has 1 heterocycles. The lowest BCUT2D eigenvalue weighted by molar-refractivity contribution is -0.270. The second-order valence-corrected chi connectivity index (χ2v) is 7.97. The molecule has 154 valence electrons. The molecule has 10 heteroatoms. The topological polar surface area (TPSA) is 58.6 Å². The zero-order valence-electron chi connectivity index (χ0n) is 15.0. The van der Waals surface area contributed by atoms with Gasteiger partial charge in [-0.2, -0.15) is 13.2 Å². The lowest BCUT2D eigenvalue weighted by Crippen LogP contribution is -2.44. The molecule has 0 spiro atoms. The quantitative estimate of drug-likeness (QED) is 0.579. The molecule has 0 radical (unpaired) electrons. The van der Waals surface area contributed by atoms with Crippen LogP contribution in [0.1, 0.15) is 27.0 Å². The number of aromatic carboxylic acids is 1. The average Bonchev–Trinajstić information content (AvgIpc) is 3.00. The molecule has 1 aliphatic heterocycles. The van der Waals surface area contributed by atoms with Gasteiger partial charge in [0.2, 0.25) is 5.60 Å². The highest BCUT2D eigenvalue weighted by Crippen LogP contribution is 2.55. The third kappa shape index (κ3) is 3.70. The van der Waals surface area contributed by atoms with E-state index < -0.39 is 17.7 Å². The first kappa shape index (κ1) is 21.8. The van der Waals surface area contributed by atoms with Crippen molar-refractivity contribution >= 4 is 46.6 Å². The van der Waals surface area contributed by atoms with Gasteiger partial charge in [-0.3, -0.25) is 5.48 Å². The Morgan fingerprint density at radius 2 is 1.79 bits per heavy atom. The van der Waals surface area contributed by atoms with E-state index >= 15 is 0 Å². The second kappa shape index (κ2) is 7.75. The molecule has 2 N–H and O–H groups in total. The molecule has 0 bridgehead atoms. The van der Waals surface area contributed by atoms with Crippen LogP contribution in [0.4, 0.5) is 13.2 Å². The molecule has 0 aliphatic carbocycles. The van der Waals surface area contributed by atoms with E-state index in [9.17, 15) is 23.1 Å². The fourth-order valence-corrected chi connectivity index (χ4v) is 4.64. The van der Waals surface area contributed by atoms with Crippen LogP contribution in [-0.2, 0) is 10.4 Å². The van der Waals surface area contributed by atoms with E-state index in [1.54, 1.807) is 6.92 Å². The van der Waals surface area contributed by atoms with Crippen molar-refractivity contribution in [3.8, 4) is 0 Å². The van der Waals surface area contributed by atoms with Gasteiger partial charge in [0.25, 0.3) is 0 Å². The van der Waals surface area contributed by atoms with Gasteiger partial charge in [0, 0.05) is 21.2 Å². The Morgan fingerprint density at radius 1 is 1.17 bits per heavy atom. The van der Waals surface area contributed by atoms with Crippen molar-refractivity contribution in [1.82, 2.24) is 5.48 Å². The summed E-state index contributed by atoms with van der Waals surface area (Å²) in [6.45, 7) is 1.57. The minimum atomic E-state index is -4.84. The minimum Gasteiger partial charge on any atom is -0.478 e. The fourth-order valence-electron chi connectivity index (χ4n) is 3.19. The molecule has 0 amide bonds. The van der Waals surface area contributed by atoms with Crippen molar-refractivity contribution in [3.05, 3.63) is 73.6 Å². The van der Waals surface area contributed by atoms with Crippen LogP contribution < -0.4 is 5.48 Å². The van der Waals surface area contributed by atoms with Crippen LogP contribution >= 0.6 is 35.0 Å². The Balaban J connectivity index is 2.26. The number of alkyl halides is 3. The van der Waals surface area contributed by atoms with Crippen LogP contribution in [0.25, 0.3) is 5.70 Å². The van der Waals surface area contributed by atoms with Crippen molar-refractivity contribution in [2.75, 3.05) is 6.26 Å². The maximum atomic E-state index is 14.4. The van der Waals surface area contributed by atoms with Crippen molar-refractivity contribution in [2.45, 2.75) is 18.7 Å². The highest BCUT2D eigenvalue weighted by molar-refractivity contribution is 8.02. The molecule has 0 saturated heterocycles. The molecule has 29 heavy (non-hydrogen) atoms. The maximum Gasteiger partial charge on any atom is 0.429 e. The molecule has 1 unspecified atom stereocenters. The SMILES string of the molecule is CSC1=C(c2ccc(C(=O)O)c(C)c2)NOC1(c1cc(Cl)cc(Cl)c1)C(F)(F)F. The molecule has 1 aliphatic rings. The van der Waals surface area contributed by atoms with Gasteiger partial charge in [0.1, 0.15) is 0 Å². The molecule has 4 nitrogen and oxygen atoms in total. The lowest BCUT2D eigenvalue weighted by atomic mass is 9.90. The first-order valence-corrected chi connectivity index (χ1v) is 10.1. The molecule has 2 aromatic rings. The van der Waals surface area contributed by atoms with Crippen LogP contribution in [0.3, 0.4) is 0 Å². The maximum absolute atomic E-state index is 14.4. The molecule has 1 atom stereocenters. The second-order valence-electron chi connectivity index (χ2n) is 6.28. The van der Waals surface area contributed by atoms with Gasteiger partial charge in [0.05, 0.1) is 16.2 Å². The number of carboxylic acid groups (broad SMARTS) is 1. The third-order valence-corrected chi connectivity index (χ3v) is 5.81. The molecule has 0 fully saturated rings. The Hall–Kier alpha value is -1.87. The number of nitrogens with one attached hydrogen (secondary N) is 1. The summed E-state index contributed by atoms with van der Waals surface area (Å²) < 4.78 is 43.1. The summed E-state index contributed by atoms with van der Waals surface area (Å²) >= 11 is 12.8. The fraction of sp³-hybridized carbons (Fsp3) is 0.211. The smallest absolute Gasteiger partial charge is 0.429 e. The van der Waals surface area contributed by atoms with Gasteiger partial charge in [-0.1, -0.05) is 29.3 Å². The molecular weight excluding hydrogens is 450 g/mol. The monoisotopic (exact) mass is 463 g/mol. The Bertz CT molecular complexity index is 1010. The van der Waals surface area contributed by atoms with E-state index in [1.165, 1.54) is 30.5 Å². The summed E-state index contributed by atoms with van der Waals surface area (Å²) in [6.07, 6.45) is -3.35. The van der Waals surface area contributed by atoms with E-state index in [4.69, 9.17) is 28.0 Å². The summed E-state index contributed by atoms with van der Waals surface area (Å²) in [7, 11) is 0. The average molecular weight is 464 g/mol. The number of thioether (sulfide) groups is 1. The van der Waals surface area contributed by atoms with Gasteiger partial charge in [-0.15, -0.1) is 11.8 Å². The molecule has 0 saturated carbocycles. The molecular formula is C19H14Cl2F3NO3S. The molecule has 0 aromatic heterocycles. The van der Waals surface area contributed by atoms with Gasteiger partial charge in [-0.05, 0) is 49.1 Å². The van der Waals surface area contributed by atoms with Crippen molar-refractivity contribution in [2.24, 2.45) is 0 Å². The largest absolute Gasteiger partial charge is 0.478 e. The zero-order valence-corrected chi connectivity index (χ0v) is 17.4. The number of benzene rings is 2. The number of rotatable bonds is 4. The highest BCUT2D eigenvalue weighted by atomic mass is 35.5. The summed E-state index contributed by atoms with van der Waals surface area (Å²) in [4.78, 5) is 16.3. The van der Waals surface area contributed by atoms with Crippen LogP contribution in [-0.4, -0.2) is 23.5 Å². The highest BCUT2D eigenvalue weighted by Gasteiger charge is 2.64. The van der Waals surface area contributed by atoms with Crippen molar-refractivity contribution < 1.29 is 27.9 Å². The number of carboxylic acids is 1. The number of hydroxylamine groups is 1. The van der Waals surface area contributed by atoms with E-state index in [1.807, 2.05) is 0 Å². The van der Waals surface area contributed by atoms with Crippen LogP contribution in [0, 0.1) is 6.92 Å². The number of carbonyl (C=O) groups is 1. The molecule has 2 aromatic carbocycles. The predicted octanol–water partition coefficient (Wildman–Crippen LogP) is 6.02. The van der Waals surface area contributed by atoms with Gasteiger partial charge >= 0.3 is 12.1 Å². The normalized spacial score (nSPS) is 19.4. The Kier molecular flexibility index (Phi) is 5.84. The number of hydrogen-bond acceptors (Lipinski definition) is 4. The first-order chi connectivity index (χ1) is 13.5. The van der Waals surface area contributed by atoms with Gasteiger partial charge in [-0.25, -0.2) is 9.63 Å². The summed E-state index contributed by atoms with van der Waals surface area (Å²) in [6, 6.07) is 7.89. The Morgan fingerprint density at radius 3 is 2.28 bits per heavy atom. The van der Waals surface area contributed by atoms with E-state index in [0.29, 0.717) is 11.1 Å². The van der Waals surface area contributed by atoms with E-state index in [2.05, 4.69) is 5.48 Å².